The van der Waals surface area contributed by atoms with Crippen molar-refractivity contribution in [3.63, 3.8) is 0 Å². The van der Waals surface area contributed by atoms with Gasteiger partial charge in [-0.25, -0.2) is 9.38 Å². The summed E-state index contributed by atoms with van der Waals surface area (Å²) in [5.74, 6) is -0.442. The predicted octanol–water partition coefficient (Wildman–Crippen LogP) is 2.50. The molecule has 0 spiro atoms. The maximum atomic E-state index is 16.1. The molecule has 4 rings (SSSR count). The highest BCUT2D eigenvalue weighted by Crippen LogP contribution is 2.41. The number of fused-ring (bicyclic) bond motifs is 1. The summed E-state index contributed by atoms with van der Waals surface area (Å²) < 4.78 is 22.1. The van der Waals surface area contributed by atoms with Crippen molar-refractivity contribution in [1.82, 2.24) is 16.0 Å². The zero-order chi connectivity index (χ0) is 20.6. The zero-order valence-corrected chi connectivity index (χ0v) is 17.4. The highest BCUT2D eigenvalue weighted by atomic mass is 19.1. The van der Waals surface area contributed by atoms with Crippen LogP contribution in [0.15, 0.2) is 28.9 Å². The van der Waals surface area contributed by atoms with Gasteiger partial charge in [0, 0.05) is 25.3 Å². The lowest BCUT2D eigenvalue weighted by Crippen LogP contribution is -2.52. The van der Waals surface area contributed by atoms with Crippen LogP contribution in [0.5, 0.6) is 5.75 Å². The average molecular weight is 400 g/mol. The maximum Gasteiger partial charge on any atom is 0.214 e. The smallest absolute Gasteiger partial charge is 0.214 e. The zero-order valence-electron chi connectivity index (χ0n) is 17.4. The van der Waals surface area contributed by atoms with Crippen molar-refractivity contribution in [1.29, 1.82) is 0 Å². The molecule has 29 heavy (non-hydrogen) atoms. The van der Waals surface area contributed by atoms with Gasteiger partial charge in [-0.1, -0.05) is 6.08 Å². The molecule has 1 aromatic rings. The van der Waals surface area contributed by atoms with Gasteiger partial charge in [0.1, 0.15) is 17.4 Å². The van der Waals surface area contributed by atoms with E-state index in [0.29, 0.717) is 41.9 Å². The van der Waals surface area contributed by atoms with E-state index < -0.39 is 5.79 Å². The molecule has 1 unspecified atom stereocenters. The minimum absolute atomic E-state index is 0.350. The van der Waals surface area contributed by atoms with Crippen LogP contribution in [0.1, 0.15) is 49.8 Å². The molecule has 0 radical (unpaired) electrons. The third-order valence-electron chi connectivity index (χ3n) is 5.82. The Morgan fingerprint density at radius 1 is 1.38 bits per heavy atom. The summed E-state index contributed by atoms with van der Waals surface area (Å²) in [6.45, 7) is 5.37. The first-order valence-corrected chi connectivity index (χ1v) is 10.4. The summed E-state index contributed by atoms with van der Waals surface area (Å²) >= 11 is 0. The molecule has 156 valence electrons. The monoisotopic (exact) mass is 399 g/mol. The molecule has 0 saturated carbocycles. The molecule has 0 amide bonds. The lowest BCUT2D eigenvalue weighted by molar-refractivity contribution is 0.283. The number of nitrogens with zero attached hydrogens (tertiary/aromatic N) is 1. The number of aryl methyl sites for hydroxylation is 1. The molecule has 3 heterocycles. The van der Waals surface area contributed by atoms with E-state index in [-0.39, 0.29) is 5.82 Å². The van der Waals surface area contributed by atoms with Gasteiger partial charge in [-0.2, -0.15) is 0 Å². The van der Waals surface area contributed by atoms with Gasteiger partial charge in [0.05, 0.1) is 17.7 Å². The van der Waals surface area contributed by atoms with Gasteiger partial charge in [0.2, 0.25) is 5.79 Å². The number of amidine groups is 1. The maximum absolute atomic E-state index is 16.1. The van der Waals surface area contributed by atoms with E-state index in [4.69, 9.17) is 10.5 Å². The van der Waals surface area contributed by atoms with Crippen molar-refractivity contribution in [2.45, 2.75) is 51.4 Å². The van der Waals surface area contributed by atoms with E-state index in [0.717, 1.165) is 42.5 Å². The van der Waals surface area contributed by atoms with Crippen molar-refractivity contribution in [3.05, 3.63) is 46.4 Å². The van der Waals surface area contributed by atoms with Gasteiger partial charge < -0.3 is 20.7 Å². The number of ether oxygens (including phenoxy) is 1. The summed E-state index contributed by atoms with van der Waals surface area (Å²) in [7, 11) is 1.78. The number of nitrogens with one attached hydrogen (secondary N) is 3. The second-order valence-corrected chi connectivity index (χ2v) is 8.10. The predicted molar refractivity (Wildman–Crippen MR) is 114 cm³/mol. The number of allylic oxidation sites excluding steroid dienone is 2. The fourth-order valence-corrected chi connectivity index (χ4v) is 4.28. The molecule has 0 aliphatic carbocycles. The van der Waals surface area contributed by atoms with Crippen molar-refractivity contribution in [2.75, 3.05) is 20.2 Å². The highest BCUT2D eigenvalue weighted by molar-refractivity contribution is 5.94. The Bertz CT molecular complexity index is 907. The van der Waals surface area contributed by atoms with Crippen LogP contribution in [0.2, 0.25) is 0 Å². The fraction of sp³-hybridized carbons (Fsp3) is 0.500. The van der Waals surface area contributed by atoms with E-state index in [1.807, 2.05) is 19.1 Å². The Hall–Kier alpha value is -2.38. The van der Waals surface area contributed by atoms with E-state index in [9.17, 15) is 0 Å². The largest absolute Gasteiger partial charge is 0.493 e. The molecule has 5 N–H and O–H groups in total. The Morgan fingerprint density at radius 3 is 3.00 bits per heavy atom. The third-order valence-corrected chi connectivity index (χ3v) is 5.82. The summed E-state index contributed by atoms with van der Waals surface area (Å²) in [5.41, 5.74) is 10.3. The third kappa shape index (κ3) is 3.76. The van der Waals surface area contributed by atoms with Crippen molar-refractivity contribution in [2.24, 2.45) is 10.7 Å². The second kappa shape index (κ2) is 7.80. The standard InChI is InChI=1S/C22H30FN5O/c1-13-6-7-15(8-9-26-13)19-20(23)17(12-16-5-4-10-29-21(16)19)22(24)27-14(2)11-18(25-3)28-22/h8,11-13,26-27H,4-7,9-10,24H2,1-3H3,(H,25,28)/t13-,22?/m0/s1. The molecular formula is C22H30FN5O. The van der Waals surface area contributed by atoms with Crippen LogP contribution in [-0.2, 0) is 12.2 Å². The summed E-state index contributed by atoms with van der Waals surface area (Å²) in [6, 6.07) is 2.22. The number of halogens is 1. The number of rotatable bonds is 2. The SMILES string of the molecule is CNC1=NC(N)(c2cc3c(c(C4=CCN[C@@H](C)CC4)c2F)OCCC3)NC(C)=C1. The van der Waals surface area contributed by atoms with Gasteiger partial charge in [0.15, 0.2) is 0 Å². The molecule has 0 bridgehead atoms. The number of hydrogen-bond acceptors (Lipinski definition) is 6. The average Bonchev–Trinajstić information content (AvgIpc) is 2.91. The lowest BCUT2D eigenvalue weighted by atomic mass is 9.89. The number of hydrogen-bond donors (Lipinski definition) is 4. The van der Waals surface area contributed by atoms with Crippen LogP contribution in [0.25, 0.3) is 5.57 Å². The highest BCUT2D eigenvalue weighted by Gasteiger charge is 2.37. The van der Waals surface area contributed by atoms with Gasteiger partial charge in [-0.05, 0) is 62.8 Å². The first-order valence-electron chi connectivity index (χ1n) is 10.4. The van der Waals surface area contributed by atoms with E-state index in [1.165, 1.54) is 0 Å². The molecular weight excluding hydrogens is 369 g/mol. The summed E-state index contributed by atoms with van der Waals surface area (Å²) in [6.07, 6.45) is 7.41. The van der Waals surface area contributed by atoms with Gasteiger partial charge >= 0.3 is 0 Å². The number of benzene rings is 1. The number of nitrogens with two attached hydrogens (primary N) is 1. The molecule has 3 aliphatic rings. The Morgan fingerprint density at radius 2 is 2.21 bits per heavy atom. The molecule has 0 fully saturated rings. The van der Waals surface area contributed by atoms with Crippen LogP contribution in [0, 0.1) is 5.82 Å². The fourth-order valence-electron chi connectivity index (χ4n) is 4.28. The van der Waals surface area contributed by atoms with Gasteiger partial charge in [-0.15, -0.1) is 0 Å². The molecule has 0 saturated heterocycles. The quantitative estimate of drug-likeness (QED) is 0.614. The van der Waals surface area contributed by atoms with Crippen molar-refractivity contribution < 1.29 is 9.13 Å². The molecule has 7 heteroatoms. The van der Waals surface area contributed by atoms with E-state index >= 15 is 4.39 Å². The molecule has 3 aliphatic heterocycles. The first kappa shape index (κ1) is 19.9. The van der Waals surface area contributed by atoms with E-state index in [2.05, 4.69) is 33.9 Å². The van der Waals surface area contributed by atoms with E-state index in [1.54, 1.807) is 7.05 Å². The van der Waals surface area contributed by atoms with Crippen LogP contribution in [0.3, 0.4) is 0 Å². The molecule has 2 atom stereocenters. The van der Waals surface area contributed by atoms with Gasteiger partial charge in [0.25, 0.3) is 0 Å². The molecule has 6 nitrogen and oxygen atoms in total. The molecule has 1 aromatic carbocycles. The Labute approximate surface area is 171 Å². The van der Waals surface area contributed by atoms with Crippen LogP contribution < -0.4 is 26.4 Å². The van der Waals surface area contributed by atoms with Crippen molar-refractivity contribution in [3.8, 4) is 5.75 Å². The van der Waals surface area contributed by atoms with Crippen LogP contribution in [-0.4, -0.2) is 32.1 Å². The van der Waals surface area contributed by atoms with Crippen LogP contribution in [0.4, 0.5) is 4.39 Å². The minimum Gasteiger partial charge on any atom is -0.493 e. The Kier molecular flexibility index (Phi) is 5.36. The normalized spacial score (nSPS) is 26.8. The topological polar surface area (TPSA) is 83.7 Å². The minimum atomic E-state index is -1.38. The number of likely N-dealkylation sites (N-methyl/N-ethyl adjacent to an activating group) is 1. The second-order valence-electron chi connectivity index (χ2n) is 8.10. The lowest BCUT2D eigenvalue weighted by Gasteiger charge is -2.34. The number of aliphatic imine (C=N–C) groups is 1. The summed E-state index contributed by atoms with van der Waals surface area (Å²) in [5, 5.41) is 9.62. The Balaban J connectivity index is 1.88. The first-order chi connectivity index (χ1) is 13.9. The summed E-state index contributed by atoms with van der Waals surface area (Å²) in [4.78, 5) is 4.56. The van der Waals surface area contributed by atoms with Gasteiger partial charge in [-0.3, -0.25) is 5.73 Å². The van der Waals surface area contributed by atoms with Crippen molar-refractivity contribution >= 4 is 11.4 Å². The molecule has 0 aromatic heterocycles. The van der Waals surface area contributed by atoms with Crippen LogP contribution >= 0.6 is 0 Å².